The molecule has 11 heavy (non-hydrogen) atoms. The average Bonchev–Trinajstić information content (AvgIpc) is 1.85. The van der Waals surface area contributed by atoms with E-state index in [0.29, 0.717) is 0 Å². The Balaban J connectivity index is 2.63. The van der Waals surface area contributed by atoms with E-state index in [1.807, 2.05) is 0 Å². The Labute approximate surface area is 61.6 Å². The molecule has 1 fully saturated rings. The summed E-state index contributed by atoms with van der Waals surface area (Å²) in [4.78, 5) is 31.3. The first-order valence-corrected chi connectivity index (χ1v) is 2.91. The minimum Gasteiger partial charge on any atom is -0.478 e. The van der Waals surface area contributed by atoms with E-state index < -0.39 is 23.9 Å². The normalized spacial score (nSPS) is 18.9. The molecular weight excluding hydrogens is 152 g/mol. The molecule has 0 bridgehead atoms. The second-order valence-corrected chi connectivity index (χ2v) is 2.08. The number of rotatable bonds is 1. The van der Waals surface area contributed by atoms with Gasteiger partial charge in [0.2, 0.25) is 18.0 Å². The van der Waals surface area contributed by atoms with Gasteiger partial charge in [-0.15, -0.1) is 0 Å². The van der Waals surface area contributed by atoms with Gasteiger partial charge in [-0.05, 0) is 0 Å². The molecule has 1 aliphatic rings. The number of amides is 2. The highest BCUT2D eigenvalue weighted by atomic mass is 16.4. The molecule has 1 aliphatic heterocycles. The van der Waals surface area contributed by atoms with Crippen LogP contribution in [0.2, 0.25) is 0 Å². The van der Waals surface area contributed by atoms with Gasteiger partial charge >= 0.3 is 5.97 Å². The molecule has 6 nitrogen and oxygen atoms in total. The largest absolute Gasteiger partial charge is 0.478 e. The number of carboxylic acids is 1. The van der Waals surface area contributed by atoms with Crippen LogP contribution in [0.3, 0.4) is 0 Å². The van der Waals surface area contributed by atoms with E-state index in [1.165, 1.54) is 0 Å². The van der Waals surface area contributed by atoms with Gasteiger partial charge in [-0.1, -0.05) is 0 Å². The maximum atomic E-state index is 10.6. The molecule has 0 unspecified atom stereocenters. The number of carbonyl (C=O) groups is 3. The average molecular weight is 158 g/mol. The van der Waals surface area contributed by atoms with Crippen molar-refractivity contribution in [1.82, 2.24) is 10.6 Å². The number of aliphatic carboxylic acids is 1. The molecule has 1 heterocycles. The lowest BCUT2D eigenvalue weighted by Crippen LogP contribution is -2.58. The monoisotopic (exact) mass is 158 g/mol. The molecule has 0 saturated carbocycles. The summed E-state index contributed by atoms with van der Waals surface area (Å²) in [5.41, 5.74) is 0. The summed E-state index contributed by atoms with van der Waals surface area (Å²) in [5.74, 6) is -2.41. The van der Waals surface area contributed by atoms with E-state index in [0.717, 1.165) is 0 Å². The van der Waals surface area contributed by atoms with Crippen LogP contribution < -0.4 is 10.6 Å². The molecule has 1 rings (SSSR count). The Morgan fingerprint density at radius 2 is 1.82 bits per heavy atom. The number of carbonyl (C=O) groups excluding carboxylic acids is 2. The van der Waals surface area contributed by atoms with Gasteiger partial charge in [-0.2, -0.15) is 0 Å². The molecule has 3 N–H and O–H groups in total. The van der Waals surface area contributed by atoms with Crippen LogP contribution in [0, 0.1) is 0 Å². The first kappa shape index (κ1) is 7.52. The van der Waals surface area contributed by atoms with E-state index in [1.54, 1.807) is 0 Å². The Bertz CT molecular complexity index is 209. The van der Waals surface area contributed by atoms with Crippen molar-refractivity contribution in [1.29, 1.82) is 0 Å². The van der Waals surface area contributed by atoms with Crippen LogP contribution in [0.1, 0.15) is 6.42 Å². The van der Waals surface area contributed by atoms with E-state index in [4.69, 9.17) is 5.11 Å². The highest BCUT2D eigenvalue weighted by Crippen LogP contribution is 1.91. The Morgan fingerprint density at radius 3 is 2.18 bits per heavy atom. The quantitative estimate of drug-likeness (QED) is 0.386. The maximum absolute atomic E-state index is 10.6. The van der Waals surface area contributed by atoms with Crippen LogP contribution in [0.25, 0.3) is 0 Å². The summed E-state index contributed by atoms with van der Waals surface area (Å²) in [5, 5.41) is 12.5. The van der Waals surface area contributed by atoms with Crippen LogP contribution >= 0.6 is 0 Å². The molecule has 60 valence electrons. The summed E-state index contributed by atoms with van der Waals surface area (Å²) in [6.07, 6.45) is -1.58. The predicted molar refractivity (Wildman–Crippen MR) is 32.3 cm³/mol. The molecule has 0 aliphatic carbocycles. The van der Waals surface area contributed by atoms with Crippen LogP contribution in [0.4, 0.5) is 0 Å². The zero-order valence-corrected chi connectivity index (χ0v) is 5.46. The smallest absolute Gasteiger partial charge is 0.347 e. The van der Waals surface area contributed by atoms with E-state index >= 15 is 0 Å². The lowest BCUT2D eigenvalue weighted by atomic mass is 10.3. The summed E-state index contributed by atoms with van der Waals surface area (Å²) >= 11 is 0. The van der Waals surface area contributed by atoms with Gasteiger partial charge in [-0.25, -0.2) is 4.79 Å². The molecule has 0 aromatic rings. The molecular formula is C5H6N2O4. The predicted octanol–water partition coefficient (Wildman–Crippen LogP) is -1.97. The fraction of sp³-hybridized carbons (Fsp3) is 0.400. The van der Waals surface area contributed by atoms with Gasteiger partial charge in [0.15, 0.2) is 0 Å². The number of hydrogen-bond donors (Lipinski definition) is 3. The number of hydrogen-bond acceptors (Lipinski definition) is 3. The van der Waals surface area contributed by atoms with Crippen LogP contribution in [-0.4, -0.2) is 29.1 Å². The zero-order chi connectivity index (χ0) is 8.43. The Kier molecular flexibility index (Phi) is 1.75. The highest BCUT2D eigenvalue weighted by molar-refractivity contribution is 6.02. The summed E-state index contributed by atoms with van der Waals surface area (Å²) in [7, 11) is 0. The van der Waals surface area contributed by atoms with Gasteiger partial charge in [0, 0.05) is 0 Å². The standard InChI is InChI=1S/C5H6N2O4/c8-2-1-3(9)7-4(6-2)5(10)11/h4H,1H2,(H,6,8)(H,7,9)(H,10,11). The van der Waals surface area contributed by atoms with Gasteiger partial charge < -0.3 is 15.7 Å². The van der Waals surface area contributed by atoms with Gasteiger partial charge in [0.1, 0.15) is 6.42 Å². The number of nitrogens with one attached hydrogen (secondary N) is 2. The van der Waals surface area contributed by atoms with Crippen LogP contribution in [-0.2, 0) is 14.4 Å². The minimum absolute atomic E-state index is 0.302. The molecule has 1 saturated heterocycles. The highest BCUT2D eigenvalue weighted by Gasteiger charge is 2.27. The van der Waals surface area contributed by atoms with Crippen molar-refractivity contribution in [3.8, 4) is 0 Å². The third-order valence-electron chi connectivity index (χ3n) is 1.18. The third-order valence-corrected chi connectivity index (χ3v) is 1.18. The fourth-order valence-corrected chi connectivity index (χ4v) is 0.729. The van der Waals surface area contributed by atoms with Gasteiger partial charge in [0.05, 0.1) is 0 Å². The molecule has 0 aromatic heterocycles. The van der Waals surface area contributed by atoms with E-state index in [9.17, 15) is 14.4 Å². The Morgan fingerprint density at radius 1 is 1.36 bits per heavy atom. The van der Waals surface area contributed by atoms with Crippen LogP contribution in [0.5, 0.6) is 0 Å². The van der Waals surface area contributed by atoms with Crippen molar-refractivity contribution in [2.24, 2.45) is 0 Å². The molecule has 0 spiro atoms. The maximum Gasteiger partial charge on any atom is 0.347 e. The molecule has 6 heteroatoms. The second-order valence-electron chi connectivity index (χ2n) is 2.08. The van der Waals surface area contributed by atoms with E-state index in [2.05, 4.69) is 10.6 Å². The van der Waals surface area contributed by atoms with Crippen molar-refractivity contribution in [3.05, 3.63) is 0 Å². The first-order chi connectivity index (χ1) is 5.09. The van der Waals surface area contributed by atoms with E-state index in [-0.39, 0.29) is 6.42 Å². The van der Waals surface area contributed by atoms with Crippen molar-refractivity contribution >= 4 is 17.8 Å². The van der Waals surface area contributed by atoms with Gasteiger partial charge in [0.25, 0.3) is 0 Å². The van der Waals surface area contributed by atoms with Crippen molar-refractivity contribution in [2.75, 3.05) is 0 Å². The van der Waals surface area contributed by atoms with Crippen molar-refractivity contribution in [2.45, 2.75) is 12.6 Å². The van der Waals surface area contributed by atoms with Crippen LogP contribution in [0.15, 0.2) is 0 Å². The minimum atomic E-state index is -1.27. The van der Waals surface area contributed by atoms with Crippen molar-refractivity contribution < 1.29 is 19.5 Å². The summed E-state index contributed by atoms with van der Waals surface area (Å²) in [6, 6.07) is 0. The van der Waals surface area contributed by atoms with Gasteiger partial charge in [-0.3, -0.25) is 9.59 Å². The first-order valence-electron chi connectivity index (χ1n) is 2.91. The van der Waals surface area contributed by atoms with Crippen molar-refractivity contribution in [3.63, 3.8) is 0 Å². The topological polar surface area (TPSA) is 95.5 Å². The zero-order valence-electron chi connectivity index (χ0n) is 5.46. The molecule has 2 amide bonds. The lowest BCUT2D eigenvalue weighted by Gasteiger charge is -2.20. The summed E-state index contributed by atoms with van der Waals surface area (Å²) < 4.78 is 0. The Hall–Kier alpha value is -1.59. The lowest BCUT2D eigenvalue weighted by molar-refractivity contribution is -0.148. The fourth-order valence-electron chi connectivity index (χ4n) is 0.729. The SMILES string of the molecule is O=C1CC(=O)NC(C(=O)O)N1. The second kappa shape index (κ2) is 2.57. The number of carboxylic acid groups (broad SMARTS) is 1. The molecule has 0 radical (unpaired) electrons. The molecule has 0 atom stereocenters. The summed E-state index contributed by atoms with van der Waals surface area (Å²) in [6.45, 7) is 0. The molecule has 0 aromatic carbocycles. The third kappa shape index (κ3) is 1.66.